The summed E-state index contributed by atoms with van der Waals surface area (Å²) < 4.78 is 0. The minimum absolute atomic E-state index is 0.0585. The molecule has 0 radical (unpaired) electrons. The standard InChI is InChI=1S/C20H21N3O2/c1-19(2,3)12-9-10-16-14(11-12)20(18(25)21-16)22-15-8-6-5-7-13(15)17(24)23(20)4/h5-11,22H,1-4H3,(H,21,25)/t20-/m1/s1. The van der Waals surface area contributed by atoms with Crippen LogP contribution in [0.3, 0.4) is 0 Å². The van der Waals surface area contributed by atoms with Gasteiger partial charge in [-0.3, -0.25) is 9.59 Å². The largest absolute Gasteiger partial charge is 0.350 e. The van der Waals surface area contributed by atoms with Gasteiger partial charge in [-0.2, -0.15) is 0 Å². The summed E-state index contributed by atoms with van der Waals surface area (Å²) in [6.45, 7) is 6.39. The van der Waals surface area contributed by atoms with Crippen LogP contribution in [0.4, 0.5) is 11.4 Å². The third-order valence-electron chi connectivity index (χ3n) is 5.13. The molecule has 0 saturated heterocycles. The van der Waals surface area contributed by atoms with E-state index in [9.17, 15) is 9.59 Å². The number of likely N-dealkylation sites (N-methyl/N-ethyl adjacent to an activating group) is 1. The molecule has 5 heteroatoms. The minimum Gasteiger partial charge on any atom is -0.350 e. The van der Waals surface area contributed by atoms with Gasteiger partial charge in [-0.1, -0.05) is 39.0 Å². The summed E-state index contributed by atoms with van der Waals surface area (Å²) in [5.41, 5.74) is 2.61. The third-order valence-corrected chi connectivity index (χ3v) is 5.13. The van der Waals surface area contributed by atoms with Gasteiger partial charge in [0, 0.05) is 24.0 Å². The van der Waals surface area contributed by atoms with Gasteiger partial charge in [0.1, 0.15) is 0 Å². The molecule has 2 amide bonds. The molecule has 4 rings (SSSR count). The van der Waals surface area contributed by atoms with E-state index in [4.69, 9.17) is 0 Å². The fourth-order valence-corrected chi connectivity index (χ4v) is 3.60. The van der Waals surface area contributed by atoms with Crippen LogP contribution in [-0.2, 0) is 15.9 Å². The molecule has 1 spiro atoms. The molecule has 128 valence electrons. The van der Waals surface area contributed by atoms with Gasteiger partial charge in [-0.05, 0) is 35.2 Å². The number of nitrogens with one attached hydrogen (secondary N) is 2. The first kappa shape index (κ1) is 15.7. The Morgan fingerprint density at radius 2 is 1.72 bits per heavy atom. The molecule has 25 heavy (non-hydrogen) atoms. The maximum absolute atomic E-state index is 13.0. The molecular formula is C20H21N3O2. The Morgan fingerprint density at radius 1 is 1.00 bits per heavy atom. The molecule has 1 atom stereocenters. The van der Waals surface area contributed by atoms with Crippen LogP contribution in [0.5, 0.6) is 0 Å². The lowest BCUT2D eigenvalue weighted by Gasteiger charge is -2.42. The van der Waals surface area contributed by atoms with Crippen molar-refractivity contribution in [3.63, 3.8) is 0 Å². The number of para-hydroxylation sites is 1. The van der Waals surface area contributed by atoms with Crippen LogP contribution >= 0.6 is 0 Å². The van der Waals surface area contributed by atoms with Crippen molar-refractivity contribution < 1.29 is 9.59 Å². The molecule has 0 bridgehead atoms. The van der Waals surface area contributed by atoms with E-state index >= 15 is 0 Å². The average Bonchev–Trinajstić information content (AvgIpc) is 2.84. The lowest BCUT2D eigenvalue weighted by molar-refractivity contribution is -0.124. The molecule has 2 heterocycles. The van der Waals surface area contributed by atoms with Gasteiger partial charge in [-0.25, -0.2) is 0 Å². The Labute approximate surface area is 147 Å². The molecule has 0 aliphatic carbocycles. The molecule has 2 aliphatic rings. The van der Waals surface area contributed by atoms with Gasteiger partial charge in [0.2, 0.25) is 5.66 Å². The molecule has 5 nitrogen and oxygen atoms in total. The van der Waals surface area contributed by atoms with Crippen LogP contribution in [0, 0.1) is 0 Å². The topological polar surface area (TPSA) is 61.4 Å². The van der Waals surface area contributed by atoms with Gasteiger partial charge in [0.25, 0.3) is 11.8 Å². The lowest BCUT2D eigenvalue weighted by atomic mass is 9.83. The second kappa shape index (κ2) is 4.85. The van der Waals surface area contributed by atoms with E-state index in [2.05, 4.69) is 31.4 Å². The average molecular weight is 335 g/mol. The summed E-state index contributed by atoms with van der Waals surface area (Å²) in [7, 11) is 1.67. The van der Waals surface area contributed by atoms with Crippen molar-refractivity contribution in [1.82, 2.24) is 4.90 Å². The number of amides is 2. The highest BCUT2D eigenvalue weighted by Gasteiger charge is 2.55. The summed E-state index contributed by atoms with van der Waals surface area (Å²) in [5.74, 6) is -0.405. The Hall–Kier alpha value is -2.82. The van der Waals surface area contributed by atoms with Gasteiger partial charge in [0.05, 0.1) is 5.56 Å². The molecule has 0 aromatic heterocycles. The number of benzene rings is 2. The Kier molecular flexibility index (Phi) is 3.04. The van der Waals surface area contributed by atoms with E-state index in [0.29, 0.717) is 11.3 Å². The number of hydrogen-bond donors (Lipinski definition) is 2. The highest BCUT2D eigenvalue weighted by molar-refractivity contribution is 6.14. The first-order valence-electron chi connectivity index (χ1n) is 8.37. The summed E-state index contributed by atoms with van der Waals surface area (Å²) in [4.78, 5) is 27.4. The zero-order valence-corrected chi connectivity index (χ0v) is 14.8. The van der Waals surface area contributed by atoms with E-state index in [1.165, 1.54) is 4.90 Å². The molecule has 2 aromatic carbocycles. The van der Waals surface area contributed by atoms with Crippen LogP contribution < -0.4 is 10.6 Å². The smallest absolute Gasteiger partial charge is 0.276 e. The second-order valence-corrected chi connectivity index (χ2v) is 7.71. The van der Waals surface area contributed by atoms with E-state index in [0.717, 1.165) is 16.8 Å². The van der Waals surface area contributed by atoms with Crippen molar-refractivity contribution in [3.8, 4) is 0 Å². The highest BCUT2D eigenvalue weighted by Crippen LogP contribution is 2.45. The molecule has 0 unspecified atom stereocenters. The minimum atomic E-state index is -1.22. The Balaban J connectivity index is 1.95. The monoisotopic (exact) mass is 335 g/mol. The van der Waals surface area contributed by atoms with E-state index in [-0.39, 0.29) is 17.2 Å². The van der Waals surface area contributed by atoms with Crippen molar-refractivity contribution in [1.29, 1.82) is 0 Å². The molecule has 2 N–H and O–H groups in total. The molecule has 2 aliphatic heterocycles. The zero-order valence-electron chi connectivity index (χ0n) is 14.8. The van der Waals surface area contributed by atoms with Crippen molar-refractivity contribution in [2.45, 2.75) is 31.8 Å². The number of anilines is 2. The van der Waals surface area contributed by atoms with Crippen LogP contribution in [0.2, 0.25) is 0 Å². The maximum Gasteiger partial charge on any atom is 0.276 e. The number of carbonyl (C=O) groups excluding carboxylic acids is 2. The molecule has 0 saturated carbocycles. The third kappa shape index (κ3) is 2.02. The molecule has 0 fully saturated rings. The van der Waals surface area contributed by atoms with Gasteiger partial charge >= 0.3 is 0 Å². The summed E-state index contributed by atoms with van der Waals surface area (Å²) in [6.07, 6.45) is 0. The molecule has 2 aromatic rings. The predicted octanol–water partition coefficient (Wildman–Crippen LogP) is 3.29. The Morgan fingerprint density at radius 3 is 2.44 bits per heavy atom. The fourth-order valence-electron chi connectivity index (χ4n) is 3.60. The van der Waals surface area contributed by atoms with Crippen molar-refractivity contribution in [2.75, 3.05) is 17.7 Å². The lowest BCUT2D eigenvalue weighted by Crippen LogP contribution is -2.59. The fraction of sp³-hybridized carbons (Fsp3) is 0.300. The van der Waals surface area contributed by atoms with Crippen molar-refractivity contribution >= 4 is 23.2 Å². The van der Waals surface area contributed by atoms with Gasteiger partial charge in [0.15, 0.2) is 0 Å². The van der Waals surface area contributed by atoms with Crippen molar-refractivity contribution in [3.05, 3.63) is 59.2 Å². The van der Waals surface area contributed by atoms with Crippen LogP contribution in [0.1, 0.15) is 42.3 Å². The summed E-state index contributed by atoms with van der Waals surface area (Å²) in [6, 6.07) is 13.3. The van der Waals surface area contributed by atoms with E-state index in [1.807, 2.05) is 36.4 Å². The van der Waals surface area contributed by atoms with Crippen molar-refractivity contribution in [2.24, 2.45) is 0 Å². The summed E-state index contributed by atoms with van der Waals surface area (Å²) >= 11 is 0. The van der Waals surface area contributed by atoms with Crippen LogP contribution in [-0.4, -0.2) is 23.8 Å². The molecular weight excluding hydrogens is 314 g/mol. The number of nitrogens with zero attached hydrogens (tertiary/aromatic N) is 1. The maximum atomic E-state index is 13.0. The number of rotatable bonds is 0. The quantitative estimate of drug-likeness (QED) is 0.777. The first-order chi connectivity index (χ1) is 11.7. The zero-order chi connectivity index (χ0) is 18.0. The second-order valence-electron chi connectivity index (χ2n) is 7.71. The Bertz CT molecular complexity index is 913. The first-order valence-corrected chi connectivity index (χ1v) is 8.37. The number of hydrogen-bond acceptors (Lipinski definition) is 3. The highest BCUT2D eigenvalue weighted by atomic mass is 16.2. The van der Waals surface area contributed by atoms with E-state index in [1.54, 1.807) is 13.1 Å². The van der Waals surface area contributed by atoms with Crippen LogP contribution in [0.15, 0.2) is 42.5 Å². The van der Waals surface area contributed by atoms with Gasteiger partial charge < -0.3 is 15.5 Å². The number of carbonyl (C=O) groups is 2. The van der Waals surface area contributed by atoms with Crippen LogP contribution in [0.25, 0.3) is 0 Å². The van der Waals surface area contributed by atoms with Gasteiger partial charge in [-0.15, -0.1) is 0 Å². The predicted molar refractivity (Wildman–Crippen MR) is 97.6 cm³/mol. The SMILES string of the molecule is CN1C(=O)c2ccccc2N[C@@]12C(=O)Nc1ccc(C(C)(C)C)cc12. The normalized spacial score (nSPS) is 21.7. The van der Waals surface area contributed by atoms with E-state index < -0.39 is 5.66 Å². The number of fused-ring (bicyclic) bond motifs is 3. The summed E-state index contributed by atoms with van der Waals surface area (Å²) in [5, 5.41) is 6.25.